The molecule has 0 amide bonds. The summed E-state index contributed by atoms with van der Waals surface area (Å²) in [5.74, 6) is 0.278. The molecule has 17 heavy (non-hydrogen) atoms. The molecule has 0 atom stereocenters. The molecule has 0 aromatic rings. The van der Waals surface area contributed by atoms with Gasteiger partial charge >= 0.3 is 0 Å². The van der Waals surface area contributed by atoms with Crippen LogP contribution in [-0.4, -0.2) is 38.5 Å². The Morgan fingerprint density at radius 3 is 2.59 bits per heavy atom. The largest absolute Gasteiger partial charge is 0.370 e. The van der Waals surface area contributed by atoms with Gasteiger partial charge in [0, 0.05) is 12.8 Å². The molecule has 0 aromatic carbocycles. The minimum Gasteiger partial charge on any atom is -0.370 e. The maximum absolute atomic E-state index is 11.8. The van der Waals surface area contributed by atoms with Crippen LogP contribution in [-0.2, 0) is 9.84 Å². The average molecular weight is 259 g/mol. The summed E-state index contributed by atoms with van der Waals surface area (Å²) < 4.78 is 23.0. The van der Waals surface area contributed by atoms with E-state index >= 15 is 0 Å². The number of rotatable bonds is 5. The van der Waals surface area contributed by atoms with E-state index in [2.05, 4.69) is 16.9 Å². The van der Waals surface area contributed by atoms with Gasteiger partial charge in [-0.2, -0.15) is 0 Å². The minimum atomic E-state index is -3.09. The smallest absolute Gasteiger partial charge is 0.188 e. The molecule has 1 rings (SSSR count). The summed E-state index contributed by atoms with van der Waals surface area (Å²) in [6.45, 7) is 4.33. The van der Waals surface area contributed by atoms with Crippen molar-refractivity contribution in [3.8, 4) is 0 Å². The van der Waals surface area contributed by atoms with Crippen LogP contribution < -0.4 is 11.1 Å². The van der Waals surface area contributed by atoms with E-state index in [1.54, 1.807) is 6.08 Å². The molecule has 0 aliphatic heterocycles. The Morgan fingerprint density at radius 2 is 2.12 bits per heavy atom. The van der Waals surface area contributed by atoms with Gasteiger partial charge in [-0.25, -0.2) is 8.42 Å². The zero-order valence-electron chi connectivity index (χ0n) is 10.3. The standard InChI is InChI=1S/C11H21N3O2S/c1-3-8-13-10(12)14-9-11(17(2,15)16)6-4-5-7-11/h3H,1,4-9H2,2H3,(H3,12,13,14). The van der Waals surface area contributed by atoms with Crippen LogP contribution in [0.1, 0.15) is 25.7 Å². The number of hydrogen-bond donors (Lipinski definition) is 2. The summed E-state index contributed by atoms with van der Waals surface area (Å²) in [5.41, 5.74) is 5.64. The lowest BCUT2D eigenvalue weighted by molar-refractivity contribution is 0.520. The summed E-state index contributed by atoms with van der Waals surface area (Å²) in [4.78, 5) is 4.14. The van der Waals surface area contributed by atoms with E-state index in [0.29, 0.717) is 19.4 Å². The highest BCUT2D eigenvalue weighted by molar-refractivity contribution is 7.92. The Bertz CT molecular complexity index is 395. The van der Waals surface area contributed by atoms with Crippen molar-refractivity contribution in [1.29, 1.82) is 0 Å². The van der Waals surface area contributed by atoms with Gasteiger partial charge < -0.3 is 11.1 Å². The average Bonchev–Trinajstić information content (AvgIpc) is 2.72. The highest BCUT2D eigenvalue weighted by atomic mass is 32.2. The normalized spacial score (nSPS) is 20.2. The van der Waals surface area contributed by atoms with Gasteiger partial charge in [-0.05, 0) is 12.8 Å². The lowest BCUT2D eigenvalue weighted by atomic mass is 10.1. The number of sulfone groups is 1. The molecular formula is C11H21N3O2S. The minimum absolute atomic E-state index is 0.252. The second-order valence-electron chi connectivity index (χ2n) is 4.53. The fourth-order valence-corrected chi connectivity index (χ4v) is 3.46. The predicted octanol–water partition coefficient (Wildman–Crippen LogP) is 0.434. The second kappa shape index (κ2) is 5.53. The van der Waals surface area contributed by atoms with Gasteiger partial charge in [-0.1, -0.05) is 18.9 Å². The molecule has 0 radical (unpaired) electrons. The van der Waals surface area contributed by atoms with Crippen molar-refractivity contribution in [2.75, 3.05) is 19.3 Å². The Morgan fingerprint density at radius 1 is 1.53 bits per heavy atom. The molecule has 0 unspecified atom stereocenters. The highest BCUT2D eigenvalue weighted by Gasteiger charge is 2.43. The first-order valence-electron chi connectivity index (χ1n) is 5.75. The van der Waals surface area contributed by atoms with Crippen molar-refractivity contribution in [3.63, 3.8) is 0 Å². The molecule has 0 heterocycles. The zero-order valence-corrected chi connectivity index (χ0v) is 11.1. The SMILES string of the molecule is C=CCNC(N)=NCC1(S(C)(=O)=O)CCCC1. The van der Waals surface area contributed by atoms with Crippen molar-refractivity contribution < 1.29 is 8.42 Å². The van der Waals surface area contributed by atoms with Gasteiger partial charge in [0.25, 0.3) is 0 Å². The first-order chi connectivity index (χ1) is 7.91. The van der Waals surface area contributed by atoms with Crippen LogP contribution in [0.25, 0.3) is 0 Å². The summed E-state index contributed by atoms with van der Waals surface area (Å²) in [6, 6.07) is 0. The Hall–Kier alpha value is -1.04. The Labute approximate surface area is 103 Å². The number of aliphatic imine (C=N–C) groups is 1. The molecule has 0 saturated heterocycles. The Kier molecular flexibility index (Phi) is 4.56. The highest BCUT2D eigenvalue weighted by Crippen LogP contribution is 2.36. The topological polar surface area (TPSA) is 84.5 Å². The fraction of sp³-hybridized carbons (Fsp3) is 0.727. The van der Waals surface area contributed by atoms with Gasteiger partial charge in [0.1, 0.15) is 0 Å². The van der Waals surface area contributed by atoms with Gasteiger partial charge in [0.2, 0.25) is 0 Å². The number of nitrogens with two attached hydrogens (primary N) is 1. The first-order valence-corrected chi connectivity index (χ1v) is 7.65. The summed E-state index contributed by atoms with van der Waals surface area (Å²) in [6.07, 6.45) is 6.23. The Balaban J connectivity index is 2.72. The molecule has 98 valence electrons. The molecule has 6 heteroatoms. The molecule has 5 nitrogen and oxygen atoms in total. The molecule has 1 aliphatic rings. The quantitative estimate of drug-likeness (QED) is 0.426. The zero-order chi connectivity index (χ0) is 12.9. The van der Waals surface area contributed by atoms with Crippen molar-refractivity contribution in [3.05, 3.63) is 12.7 Å². The van der Waals surface area contributed by atoms with Gasteiger partial charge in [-0.3, -0.25) is 4.99 Å². The summed E-state index contributed by atoms with van der Waals surface area (Å²) >= 11 is 0. The monoisotopic (exact) mass is 259 g/mol. The molecule has 1 aliphatic carbocycles. The van der Waals surface area contributed by atoms with Gasteiger partial charge in [-0.15, -0.1) is 6.58 Å². The van der Waals surface area contributed by atoms with E-state index in [-0.39, 0.29) is 12.5 Å². The third kappa shape index (κ3) is 3.46. The lowest BCUT2D eigenvalue weighted by Gasteiger charge is -2.24. The van der Waals surface area contributed by atoms with E-state index in [0.717, 1.165) is 12.8 Å². The van der Waals surface area contributed by atoms with Crippen molar-refractivity contribution in [2.24, 2.45) is 10.7 Å². The second-order valence-corrected chi connectivity index (χ2v) is 6.94. The van der Waals surface area contributed by atoms with Crippen molar-refractivity contribution >= 4 is 15.8 Å². The summed E-state index contributed by atoms with van der Waals surface area (Å²) in [5, 5.41) is 2.84. The third-order valence-corrected chi connectivity index (χ3v) is 5.38. The van der Waals surface area contributed by atoms with Crippen LogP contribution in [0.2, 0.25) is 0 Å². The number of nitrogens with zero attached hydrogens (tertiary/aromatic N) is 1. The molecule has 0 bridgehead atoms. The maximum Gasteiger partial charge on any atom is 0.188 e. The van der Waals surface area contributed by atoms with Crippen LogP contribution in [0, 0.1) is 0 Å². The molecular weight excluding hydrogens is 238 g/mol. The van der Waals surface area contributed by atoms with Crippen molar-refractivity contribution in [2.45, 2.75) is 30.4 Å². The molecule has 0 spiro atoms. The molecule has 1 saturated carbocycles. The van der Waals surface area contributed by atoms with E-state index < -0.39 is 14.6 Å². The van der Waals surface area contributed by atoms with Crippen LogP contribution in [0.4, 0.5) is 0 Å². The summed E-state index contributed by atoms with van der Waals surface area (Å²) in [7, 11) is -3.09. The fourth-order valence-electron chi connectivity index (χ4n) is 2.13. The van der Waals surface area contributed by atoms with E-state index in [1.165, 1.54) is 6.26 Å². The van der Waals surface area contributed by atoms with E-state index in [9.17, 15) is 8.42 Å². The molecule has 3 N–H and O–H groups in total. The van der Waals surface area contributed by atoms with Crippen LogP contribution in [0.3, 0.4) is 0 Å². The van der Waals surface area contributed by atoms with E-state index in [1.807, 2.05) is 0 Å². The maximum atomic E-state index is 11.8. The molecule has 0 aromatic heterocycles. The molecule has 1 fully saturated rings. The number of hydrogen-bond acceptors (Lipinski definition) is 3. The van der Waals surface area contributed by atoms with E-state index in [4.69, 9.17) is 5.73 Å². The lowest BCUT2D eigenvalue weighted by Crippen LogP contribution is -2.40. The van der Waals surface area contributed by atoms with Crippen LogP contribution in [0.15, 0.2) is 17.6 Å². The van der Waals surface area contributed by atoms with Crippen LogP contribution >= 0.6 is 0 Å². The number of nitrogens with one attached hydrogen (secondary N) is 1. The third-order valence-electron chi connectivity index (χ3n) is 3.27. The first kappa shape index (κ1) is 14.0. The van der Waals surface area contributed by atoms with Gasteiger partial charge in [0.15, 0.2) is 15.8 Å². The van der Waals surface area contributed by atoms with Crippen LogP contribution in [0.5, 0.6) is 0 Å². The van der Waals surface area contributed by atoms with Gasteiger partial charge in [0.05, 0.1) is 11.3 Å². The van der Waals surface area contributed by atoms with Crippen molar-refractivity contribution in [1.82, 2.24) is 5.32 Å². The number of guanidine groups is 1. The predicted molar refractivity (Wildman–Crippen MR) is 70.7 cm³/mol.